The van der Waals surface area contributed by atoms with Crippen molar-refractivity contribution in [2.24, 2.45) is 0 Å². The summed E-state index contributed by atoms with van der Waals surface area (Å²) in [6.07, 6.45) is 1.72. The van der Waals surface area contributed by atoms with E-state index in [4.69, 9.17) is 0 Å². The Bertz CT molecular complexity index is 1490. The lowest BCUT2D eigenvalue weighted by molar-refractivity contribution is -0.119. The van der Waals surface area contributed by atoms with Crippen LogP contribution in [-0.4, -0.2) is 26.5 Å². The van der Waals surface area contributed by atoms with Crippen LogP contribution in [0.2, 0.25) is 0 Å². The van der Waals surface area contributed by atoms with E-state index in [0.29, 0.717) is 38.5 Å². The van der Waals surface area contributed by atoms with Crippen molar-refractivity contribution < 1.29 is 14.7 Å². The summed E-state index contributed by atoms with van der Waals surface area (Å²) in [4.78, 5) is 44.7. The number of thiophene rings is 1. The van der Waals surface area contributed by atoms with Crippen LogP contribution < -0.4 is 16.2 Å². The molecule has 0 saturated heterocycles. The third-order valence-electron chi connectivity index (χ3n) is 5.87. The summed E-state index contributed by atoms with van der Waals surface area (Å²) in [6, 6.07) is 11.1. The molecule has 4 rings (SSSR count). The van der Waals surface area contributed by atoms with Crippen molar-refractivity contribution in [2.45, 2.75) is 40.2 Å². The molecule has 0 fully saturated rings. The van der Waals surface area contributed by atoms with Crippen molar-refractivity contribution in [3.05, 3.63) is 80.7 Å². The van der Waals surface area contributed by atoms with Gasteiger partial charge in [-0.05, 0) is 68.7 Å². The van der Waals surface area contributed by atoms with E-state index in [2.05, 4.69) is 15.6 Å². The number of carbonyl (C=O) groups excluding carboxylic acids is 2. The van der Waals surface area contributed by atoms with Crippen LogP contribution in [-0.2, 0) is 4.79 Å². The smallest absolute Gasteiger partial charge is 0.266 e. The van der Waals surface area contributed by atoms with Gasteiger partial charge in [0.05, 0.1) is 16.6 Å². The number of nitrogens with one attached hydrogen (secondary N) is 2. The van der Waals surface area contributed by atoms with Crippen molar-refractivity contribution in [2.75, 3.05) is 10.6 Å². The Kier molecular flexibility index (Phi) is 6.70. The third-order valence-corrected chi connectivity index (χ3v) is 7.07. The van der Waals surface area contributed by atoms with E-state index in [9.17, 15) is 19.5 Å². The molecule has 9 heteroatoms. The van der Waals surface area contributed by atoms with Crippen molar-refractivity contribution in [1.82, 2.24) is 9.55 Å². The van der Waals surface area contributed by atoms with Gasteiger partial charge in [-0.1, -0.05) is 24.6 Å². The van der Waals surface area contributed by atoms with E-state index in [1.165, 1.54) is 23.0 Å². The van der Waals surface area contributed by atoms with Crippen LogP contribution in [0, 0.1) is 20.8 Å². The average Bonchev–Trinajstić information content (AvgIpc) is 3.16. The largest absolute Gasteiger partial charge is 0.508 e. The monoisotopic (exact) mass is 490 g/mol. The number of nitrogens with zero attached hydrogens (tertiary/aromatic N) is 2. The van der Waals surface area contributed by atoms with Gasteiger partial charge in [0.2, 0.25) is 5.91 Å². The molecule has 4 aromatic rings. The summed E-state index contributed by atoms with van der Waals surface area (Å²) in [5.74, 6) is -0.589. The number of hydrogen-bond acceptors (Lipinski definition) is 6. The van der Waals surface area contributed by atoms with Gasteiger partial charge in [-0.15, -0.1) is 11.3 Å². The number of amides is 2. The lowest BCUT2D eigenvalue weighted by Gasteiger charge is -2.17. The topological polar surface area (TPSA) is 113 Å². The van der Waals surface area contributed by atoms with Gasteiger partial charge in [0, 0.05) is 11.4 Å². The van der Waals surface area contributed by atoms with E-state index >= 15 is 0 Å². The van der Waals surface area contributed by atoms with E-state index in [1.807, 2.05) is 32.0 Å². The number of fused-ring (bicyclic) bond motifs is 1. The highest BCUT2D eigenvalue weighted by Crippen LogP contribution is 2.29. The third kappa shape index (κ3) is 4.81. The van der Waals surface area contributed by atoms with Crippen LogP contribution >= 0.6 is 11.3 Å². The summed E-state index contributed by atoms with van der Waals surface area (Å²) < 4.78 is 1.31. The number of phenols is 1. The van der Waals surface area contributed by atoms with Gasteiger partial charge in [-0.3, -0.25) is 19.0 Å². The van der Waals surface area contributed by atoms with Crippen LogP contribution in [0.15, 0.2) is 53.6 Å². The van der Waals surface area contributed by atoms with E-state index in [0.717, 1.165) is 22.5 Å². The van der Waals surface area contributed by atoms with Gasteiger partial charge in [0.1, 0.15) is 16.6 Å². The minimum atomic E-state index is -0.792. The molecule has 1 atom stereocenters. The van der Waals surface area contributed by atoms with Gasteiger partial charge >= 0.3 is 0 Å². The molecule has 0 radical (unpaired) electrons. The number of carbonyl (C=O) groups is 2. The Morgan fingerprint density at radius 3 is 2.46 bits per heavy atom. The fourth-order valence-electron chi connectivity index (χ4n) is 3.99. The summed E-state index contributed by atoms with van der Waals surface area (Å²) >= 11 is 1.15. The normalized spacial score (nSPS) is 11.9. The maximum atomic E-state index is 13.4. The maximum Gasteiger partial charge on any atom is 0.266 e. The molecule has 3 N–H and O–H groups in total. The standard InChI is InChI=1S/C26H26N4O4S/c1-5-20(23(32)28-17-7-9-18(31)10-8-17)30-13-27-25-21(26(30)34)16(4)22(35-25)24(33)29-19-11-6-14(2)12-15(19)3/h6-13,20,31H,5H2,1-4H3,(H,28,32)(H,29,33). The first-order valence-electron chi connectivity index (χ1n) is 11.2. The fraction of sp³-hybridized carbons (Fsp3) is 0.231. The Morgan fingerprint density at radius 1 is 1.09 bits per heavy atom. The number of phenolic OH excluding ortho intramolecular Hbond substituents is 1. The molecule has 0 aliphatic carbocycles. The highest BCUT2D eigenvalue weighted by Gasteiger charge is 2.25. The van der Waals surface area contributed by atoms with Crippen LogP contribution in [0.3, 0.4) is 0 Å². The number of aryl methyl sites for hydroxylation is 3. The number of benzene rings is 2. The summed E-state index contributed by atoms with van der Waals surface area (Å²) in [5.41, 5.74) is 3.42. The minimum Gasteiger partial charge on any atom is -0.508 e. The molecule has 0 bridgehead atoms. The molecule has 0 saturated carbocycles. The fourth-order valence-corrected chi connectivity index (χ4v) is 5.02. The van der Waals surface area contributed by atoms with Gasteiger partial charge in [0.15, 0.2) is 0 Å². The maximum absolute atomic E-state index is 13.4. The molecule has 0 aliphatic rings. The number of aromatic nitrogens is 2. The second kappa shape index (κ2) is 9.71. The van der Waals surface area contributed by atoms with Gasteiger partial charge < -0.3 is 15.7 Å². The molecule has 0 spiro atoms. The summed E-state index contributed by atoms with van der Waals surface area (Å²) in [7, 11) is 0. The van der Waals surface area contributed by atoms with E-state index in [-0.39, 0.29) is 23.1 Å². The SMILES string of the molecule is CCC(C(=O)Nc1ccc(O)cc1)n1cnc2sc(C(=O)Nc3ccc(C)cc3C)c(C)c2c1=O. The molecule has 2 aromatic carbocycles. The van der Waals surface area contributed by atoms with Gasteiger partial charge in [-0.25, -0.2) is 4.98 Å². The molecule has 8 nitrogen and oxygen atoms in total. The van der Waals surface area contributed by atoms with Crippen molar-refractivity contribution >= 4 is 44.7 Å². The highest BCUT2D eigenvalue weighted by molar-refractivity contribution is 7.20. The molecule has 35 heavy (non-hydrogen) atoms. The predicted octanol–water partition coefficient (Wildman–Crippen LogP) is 4.93. The Morgan fingerprint density at radius 2 is 1.80 bits per heavy atom. The average molecular weight is 491 g/mol. The number of hydrogen-bond donors (Lipinski definition) is 3. The van der Waals surface area contributed by atoms with E-state index < -0.39 is 6.04 Å². The zero-order valence-corrected chi connectivity index (χ0v) is 20.7. The summed E-state index contributed by atoms with van der Waals surface area (Å²) in [6.45, 7) is 7.44. The Hall–Kier alpha value is -3.98. The first-order valence-corrected chi connectivity index (χ1v) is 12.0. The first kappa shape index (κ1) is 24.2. The van der Waals surface area contributed by atoms with Crippen LogP contribution in [0.5, 0.6) is 5.75 Å². The van der Waals surface area contributed by atoms with Crippen LogP contribution in [0.4, 0.5) is 11.4 Å². The second-order valence-corrected chi connectivity index (χ2v) is 9.43. The van der Waals surface area contributed by atoms with Crippen molar-refractivity contribution in [3.63, 3.8) is 0 Å². The molecule has 2 amide bonds. The molecule has 1 unspecified atom stereocenters. The first-order chi connectivity index (χ1) is 16.7. The lowest BCUT2D eigenvalue weighted by atomic mass is 10.1. The molecule has 2 aromatic heterocycles. The molecule has 2 heterocycles. The number of aromatic hydroxyl groups is 1. The zero-order chi connectivity index (χ0) is 25.3. The lowest BCUT2D eigenvalue weighted by Crippen LogP contribution is -2.33. The predicted molar refractivity (Wildman–Crippen MR) is 139 cm³/mol. The van der Waals surface area contributed by atoms with E-state index in [1.54, 1.807) is 26.0 Å². The van der Waals surface area contributed by atoms with Crippen LogP contribution in [0.1, 0.15) is 45.7 Å². The quantitative estimate of drug-likeness (QED) is 0.332. The van der Waals surface area contributed by atoms with Crippen molar-refractivity contribution in [3.8, 4) is 5.75 Å². The number of anilines is 2. The van der Waals surface area contributed by atoms with Crippen molar-refractivity contribution in [1.29, 1.82) is 0 Å². The Labute approximate surface area is 206 Å². The second-order valence-electron chi connectivity index (χ2n) is 8.43. The molecular weight excluding hydrogens is 464 g/mol. The Balaban J connectivity index is 1.65. The zero-order valence-electron chi connectivity index (χ0n) is 19.9. The summed E-state index contributed by atoms with van der Waals surface area (Å²) in [5, 5.41) is 15.5. The van der Waals surface area contributed by atoms with Gasteiger partial charge in [-0.2, -0.15) is 0 Å². The van der Waals surface area contributed by atoms with Gasteiger partial charge in [0.25, 0.3) is 11.5 Å². The highest BCUT2D eigenvalue weighted by atomic mass is 32.1. The molecular formula is C26H26N4O4S. The van der Waals surface area contributed by atoms with Crippen LogP contribution in [0.25, 0.3) is 10.2 Å². The molecule has 0 aliphatic heterocycles. The minimum absolute atomic E-state index is 0.0891. The molecule has 180 valence electrons. The number of rotatable bonds is 6.